The molecule has 1 aromatic carbocycles. The van der Waals surface area contributed by atoms with Crippen molar-refractivity contribution in [2.75, 3.05) is 18.4 Å². The Balaban J connectivity index is 1.75. The van der Waals surface area contributed by atoms with Crippen LogP contribution in [-0.4, -0.2) is 24.0 Å². The molecule has 0 aliphatic heterocycles. The molecule has 4 nitrogen and oxygen atoms in total. The first-order valence-corrected chi connectivity index (χ1v) is 7.40. The van der Waals surface area contributed by atoms with Gasteiger partial charge in [-0.1, -0.05) is 17.7 Å². The summed E-state index contributed by atoms with van der Waals surface area (Å²) in [5.41, 5.74) is 2.90. The van der Waals surface area contributed by atoms with Crippen LogP contribution in [0.4, 0.5) is 5.13 Å². The van der Waals surface area contributed by atoms with Crippen LogP contribution in [0.25, 0.3) is 0 Å². The number of hydrogen-bond donors (Lipinski definition) is 2. The zero-order chi connectivity index (χ0) is 14.5. The van der Waals surface area contributed by atoms with E-state index in [0.717, 1.165) is 16.4 Å². The molecule has 0 unspecified atom stereocenters. The van der Waals surface area contributed by atoms with Crippen LogP contribution < -0.4 is 10.6 Å². The molecular weight excluding hydrogens is 270 g/mol. The van der Waals surface area contributed by atoms with E-state index in [9.17, 15) is 4.79 Å². The van der Waals surface area contributed by atoms with E-state index in [1.54, 1.807) is 11.3 Å². The van der Waals surface area contributed by atoms with Gasteiger partial charge < -0.3 is 10.6 Å². The molecule has 2 N–H and O–H groups in total. The number of anilines is 1. The van der Waals surface area contributed by atoms with Crippen LogP contribution in [-0.2, 0) is 0 Å². The first-order valence-electron chi connectivity index (χ1n) is 6.59. The summed E-state index contributed by atoms with van der Waals surface area (Å²) in [7, 11) is 0. The van der Waals surface area contributed by atoms with Crippen LogP contribution in [0.3, 0.4) is 0 Å². The van der Waals surface area contributed by atoms with E-state index in [2.05, 4.69) is 22.5 Å². The van der Waals surface area contributed by atoms with Gasteiger partial charge in [0.05, 0.1) is 5.69 Å². The Labute approximate surface area is 123 Å². The third-order valence-corrected chi connectivity index (χ3v) is 4.06. The molecule has 1 heterocycles. The van der Waals surface area contributed by atoms with E-state index in [1.807, 2.05) is 38.1 Å². The molecule has 2 aromatic rings. The summed E-state index contributed by atoms with van der Waals surface area (Å²) in [5.74, 6) is -0.0432. The second-order valence-electron chi connectivity index (χ2n) is 4.71. The average molecular weight is 289 g/mol. The molecule has 2 rings (SSSR count). The zero-order valence-electron chi connectivity index (χ0n) is 12.0. The third-order valence-electron chi connectivity index (χ3n) is 3.03. The SMILES string of the molecule is Cc1ccc(C(=O)NCCNc2nc(C)c(C)s2)cc1. The summed E-state index contributed by atoms with van der Waals surface area (Å²) in [5, 5.41) is 7.01. The smallest absolute Gasteiger partial charge is 0.251 e. The predicted octanol–water partition coefficient (Wildman–Crippen LogP) is 2.91. The second kappa shape index (κ2) is 6.52. The van der Waals surface area contributed by atoms with Gasteiger partial charge in [-0.25, -0.2) is 4.98 Å². The van der Waals surface area contributed by atoms with E-state index in [0.29, 0.717) is 18.7 Å². The highest BCUT2D eigenvalue weighted by Gasteiger charge is 2.05. The van der Waals surface area contributed by atoms with Crippen molar-refractivity contribution >= 4 is 22.4 Å². The maximum Gasteiger partial charge on any atom is 0.251 e. The summed E-state index contributed by atoms with van der Waals surface area (Å²) in [6.45, 7) is 7.30. The lowest BCUT2D eigenvalue weighted by atomic mass is 10.1. The van der Waals surface area contributed by atoms with Gasteiger partial charge in [0.2, 0.25) is 0 Å². The molecule has 0 saturated heterocycles. The molecule has 0 fully saturated rings. The molecule has 1 aromatic heterocycles. The fourth-order valence-corrected chi connectivity index (χ4v) is 2.54. The fourth-order valence-electron chi connectivity index (χ4n) is 1.70. The van der Waals surface area contributed by atoms with Crippen LogP contribution in [0.15, 0.2) is 24.3 Å². The molecule has 0 atom stereocenters. The number of aromatic nitrogens is 1. The molecular formula is C15H19N3OS. The van der Waals surface area contributed by atoms with Crippen molar-refractivity contribution in [1.29, 1.82) is 0 Å². The number of benzene rings is 1. The van der Waals surface area contributed by atoms with Gasteiger partial charge in [0, 0.05) is 23.5 Å². The van der Waals surface area contributed by atoms with Gasteiger partial charge in [0.1, 0.15) is 0 Å². The van der Waals surface area contributed by atoms with Crippen LogP contribution in [0.1, 0.15) is 26.5 Å². The van der Waals surface area contributed by atoms with Crippen molar-refractivity contribution in [3.8, 4) is 0 Å². The van der Waals surface area contributed by atoms with Gasteiger partial charge in [0.15, 0.2) is 5.13 Å². The molecule has 0 saturated carbocycles. The minimum Gasteiger partial charge on any atom is -0.360 e. The predicted molar refractivity (Wildman–Crippen MR) is 83.6 cm³/mol. The molecule has 0 spiro atoms. The number of aryl methyl sites for hydroxylation is 3. The molecule has 5 heteroatoms. The van der Waals surface area contributed by atoms with Crippen molar-refractivity contribution in [3.05, 3.63) is 46.0 Å². The van der Waals surface area contributed by atoms with Gasteiger partial charge in [-0.05, 0) is 32.9 Å². The van der Waals surface area contributed by atoms with E-state index >= 15 is 0 Å². The fraction of sp³-hybridized carbons (Fsp3) is 0.333. The lowest BCUT2D eigenvalue weighted by Gasteiger charge is -2.06. The minimum absolute atomic E-state index is 0.0432. The van der Waals surface area contributed by atoms with Crippen molar-refractivity contribution in [1.82, 2.24) is 10.3 Å². The summed E-state index contributed by atoms with van der Waals surface area (Å²) in [6.07, 6.45) is 0. The van der Waals surface area contributed by atoms with Crippen LogP contribution in [0.5, 0.6) is 0 Å². The second-order valence-corrected chi connectivity index (χ2v) is 5.91. The number of rotatable bonds is 5. The van der Waals surface area contributed by atoms with Crippen molar-refractivity contribution in [2.24, 2.45) is 0 Å². The number of hydrogen-bond acceptors (Lipinski definition) is 4. The molecule has 1 amide bonds. The maximum absolute atomic E-state index is 11.9. The number of nitrogens with one attached hydrogen (secondary N) is 2. The normalized spacial score (nSPS) is 10.3. The van der Waals surface area contributed by atoms with E-state index in [-0.39, 0.29) is 5.91 Å². The number of amides is 1. The number of carbonyl (C=O) groups excluding carboxylic acids is 1. The van der Waals surface area contributed by atoms with Gasteiger partial charge >= 0.3 is 0 Å². The Morgan fingerprint density at radius 2 is 1.85 bits per heavy atom. The monoisotopic (exact) mass is 289 g/mol. The van der Waals surface area contributed by atoms with Gasteiger partial charge in [0.25, 0.3) is 5.91 Å². The van der Waals surface area contributed by atoms with Crippen LogP contribution in [0.2, 0.25) is 0 Å². The Hall–Kier alpha value is -1.88. The Kier molecular flexibility index (Phi) is 4.74. The lowest BCUT2D eigenvalue weighted by Crippen LogP contribution is -2.28. The van der Waals surface area contributed by atoms with E-state index < -0.39 is 0 Å². The largest absolute Gasteiger partial charge is 0.360 e. The molecule has 0 aliphatic carbocycles. The number of nitrogens with zero attached hydrogens (tertiary/aromatic N) is 1. The Morgan fingerprint density at radius 1 is 1.15 bits per heavy atom. The van der Waals surface area contributed by atoms with E-state index in [1.165, 1.54) is 4.88 Å². The standard InChI is InChI=1S/C15H19N3OS/c1-10-4-6-13(7-5-10)14(19)16-8-9-17-15-18-11(2)12(3)20-15/h4-7H,8-9H2,1-3H3,(H,16,19)(H,17,18). The minimum atomic E-state index is -0.0432. The van der Waals surface area contributed by atoms with Gasteiger partial charge in [-0.15, -0.1) is 11.3 Å². The molecule has 0 radical (unpaired) electrons. The molecule has 0 aliphatic rings. The van der Waals surface area contributed by atoms with Gasteiger partial charge in [-0.2, -0.15) is 0 Å². The van der Waals surface area contributed by atoms with Crippen molar-refractivity contribution in [3.63, 3.8) is 0 Å². The lowest BCUT2D eigenvalue weighted by molar-refractivity contribution is 0.0955. The molecule has 20 heavy (non-hydrogen) atoms. The number of carbonyl (C=O) groups is 1. The summed E-state index contributed by atoms with van der Waals surface area (Å²) in [4.78, 5) is 17.5. The summed E-state index contributed by atoms with van der Waals surface area (Å²) < 4.78 is 0. The number of thiazole rings is 1. The van der Waals surface area contributed by atoms with Crippen LogP contribution in [0, 0.1) is 20.8 Å². The van der Waals surface area contributed by atoms with E-state index in [4.69, 9.17) is 0 Å². The topological polar surface area (TPSA) is 54.0 Å². The van der Waals surface area contributed by atoms with Crippen molar-refractivity contribution in [2.45, 2.75) is 20.8 Å². The zero-order valence-corrected chi connectivity index (χ0v) is 12.8. The highest BCUT2D eigenvalue weighted by atomic mass is 32.1. The van der Waals surface area contributed by atoms with Gasteiger partial charge in [-0.3, -0.25) is 4.79 Å². The third kappa shape index (κ3) is 3.81. The Bertz CT molecular complexity index is 570. The maximum atomic E-state index is 11.9. The molecule has 106 valence electrons. The highest BCUT2D eigenvalue weighted by molar-refractivity contribution is 7.15. The summed E-state index contributed by atoms with van der Waals surface area (Å²) >= 11 is 1.64. The quantitative estimate of drug-likeness (QED) is 0.832. The summed E-state index contributed by atoms with van der Waals surface area (Å²) in [6, 6.07) is 7.56. The molecule has 0 bridgehead atoms. The first kappa shape index (κ1) is 14.5. The first-order chi connectivity index (χ1) is 9.56. The highest BCUT2D eigenvalue weighted by Crippen LogP contribution is 2.20. The van der Waals surface area contributed by atoms with Crippen molar-refractivity contribution < 1.29 is 4.79 Å². The average Bonchev–Trinajstić information content (AvgIpc) is 2.74. The van der Waals surface area contributed by atoms with Crippen LogP contribution >= 0.6 is 11.3 Å². The Morgan fingerprint density at radius 3 is 2.45 bits per heavy atom.